The van der Waals surface area contributed by atoms with Gasteiger partial charge < -0.3 is 10.1 Å². The van der Waals surface area contributed by atoms with E-state index < -0.39 is 10.0 Å². The molecule has 1 aliphatic rings. The first kappa shape index (κ1) is 17.8. The number of aromatic nitrogens is 1. The molecule has 0 aliphatic carbocycles. The minimum Gasteiger partial charge on any atom is -0.379 e. The number of nitrogens with one attached hydrogen (secondary N) is 1. The summed E-state index contributed by atoms with van der Waals surface area (Å²) in [7, 11) is -0.355. The molecule has 1 aromatic carbocycles. The Balaban J connectivity index is 1.72. The average Bonchev–Trinajstić information content (AvgIpc) is 3.00. The van der Waals surface area contributed by atoms with Crippen LogP contribution >= 0.6 is 0 Å². The van der Waals surface area contributed by atoms with E-state index in [0.29, 0.717) is 18.8 Å². The van der Waals surface area contributed by atoms with Crippen LogP contribution in [-0.4, -0.2) is 62.7 Å². The van der Waals surface area contributed by atoms with Crippen LogP contribution in [0.15, 0.2) is 36.5 Å². The number of carbonyl (C=O) groups excluding carboxylic acids is 1. The molecular formula is C17H21N3O4S. The highest BCUT2D eigenvalue weighted by atomic mass is 32.2. The van der Waals surface area contributed by atoms with Crippen LogP contribution in [0.3, 0.4) is 0 Å². The first-order valence-corrected chi connectivity index (χ1v) is 9.61. The van der Waals surface area contributed by atoms with Gasteiger partial charge in [0, 0.05) is 31.6 Å². The molecule has 0 radical (unpaired) electrons. The van der Waals surface area contributed by atoms with Crippen LogP contribution in [0.4, 0.5) is 0 Å². The van der Waals surface area contributed by atoms with Gasteiger partial charge in [-0.15, -0.1) is 0 Å². The summed E-state index contributed by atoms with van der Waals surface area (Å²) in [6, 6.07) is 8.99. The van der Waals surface area contributed by atoms with Gasteiger partial charge in [0.2, 0.25) is 10.0 Å². The number of rotatable bonds is 5. The average molecular weight is 363 g/mol. The number of hydrogen-bond donors (Lipinski definition) is 1. The molecule has 0 spiro atoms. The highest BCUT2D eigenvalue weighted by Crippen LogP contribution is 2.18. The molecular weight excluding hydrogens is 342 g/mol. The quantitative estimate of drug-likeness (QED) is 0.852. The second-order valence-corrected chi connectivity index (χ2v) is 8.58. The number of pyridine rings is 1. The van der Waals surface area contributed by atoms with E-state index in [2.05, 4.69) is 10.3 Å². The van der Waals surface area contributed by atoms with Gasteiger partial charge >= 0.3 is 0 Å². The molecule has 0 bridgehead atoms. The number of ether oxygens (including phenoxy) is 1. The minimum absolute atomic E-state index is 0.0546. The minimum atomic E-state index is -3.35. The number of carbonyl (C=O) groups is 1. The van der Waals surface area contributed by atoms with Gasteiger partial charge in [0.15, 0.2) is 0 Å². The molecule has 1 aliphatic heterocycles. The fourth-order valence-corrected chi connectivity index (χ4v) is 3.96. The molecule has 1 aromatic heterocycles. The van der Waals surface area contributed by atoms with E-state index in [1.54, 1.807) is 6.07 Å². The van der Waals surface area contributed by atoms with Crippen LogP contribution in [0.5, 0.6) is 0 Å². The summed E-state index contributed by atoms with van der Waals surface area (Å²) in [5.41, 5.74) is 1.26. The highest BCUT2D eigenvalue weighted by Gasteiger charge is 2.34. The highest BCUT2D eigenvalue weighted by molar-refractivity contribution is 7.89. The molecule has 7 nitrogen and oxygen atoms in total. The Bertz CT molecular complexity index is 882. The zero-order valence-corrected chi connectivity index (χ0v) is 15.0. The van der Waals surface area contributed by atoms with Gasteiger partial charge in [-0.25, -0.2) is 12.7 Å². The van der Waals surface area contributed by atoms with Crippen molar-refractivity contribution in [3.05, 3.63) is 42.1 Å². The van der Waals surface area contributed by atoms with Crippen LogP contribution in [0.2, 0.25) is 0 Å². The van der Waals surface area contributed by atoms with Crippen molar-refractivity contribution in [3.63, 3.8) is 0 Å². The van der Waals surface area contributed by atoms with E-state index >= 15 is 0 Å². The molecule has 1 saturated heterocycles. The van der Waals surface area contributed by atoms with E-state index in [0.717, 1.165) is 10.9 Å². The Labute approximate surface area is 147 Å². The largest absolute Gasteiger partial charge is 0.379 e. The van der Waals surface area contributed by atoms with E-state index in [4.69, 9.17) is 4.74 Å². The van der Waals surface area contributed by atoms with Crippen molar-refractivity contribution in [1.29, 1.82) is 0 Å². The lowest BCUT2D eigenvalue weighted by molar-refractivity contribution is 0.0926. The molecule has 1 N–H and O–H groups in total. The van der Waals surface area contributed by atoms with E-state index in [1.807, 2.05) is 24.3 Å². The van der Waals surface area contributed by atoms with Gasteiger partial charge in [-0.2, -0.15) is 0 Å². The summed E-state index contributed by atoms with van der Waals surface area (Å²) in [5.74, 6) is -0.605. The zero-order valence-electron chi connectivity index (χ0n) is 14.2. The molecule has 25 heavy (non-hydrogen) atoms. The lowest BCUT2D eigenvalue weighted by Gasteiger charge is -2.21. The molecule has 0 saturated carbocycles. The smallest absolute Gasteiger partial charge is 0.253 e. The Kier molecular flexibility index (Phi) is 5.03. The molecule has 2 aromatic rings. The molecule has 8 heteroatoms. The number of sulfonamides is 1. The number of nitrogens with zero attached hydrogens (tertiary/aromatic N) is 2. The van der Waals surface area contributed by atoms with Crippen molar-refractivity contribution in [2.45, 2.75) is 6.04 Å². The summed E-state index contributed by atoms with van der Waals surface area (Å²) in [5, 5.41) is 3.76. The van der Waals surface area contributed by atoms with Gasteiger partial charge in [-0.1, -0.05) is 18.2 Å². The van der Waals surface area contributed by atoms with Crippen molar-refractivity contribution in [3.8, 4) is 0 Å². The fraction of sp³-hybridized carbons (Fsp3) is 0.412. The lowest BCUT2D eigenvalue weighted by atomic mass is 10.1. The molecule has 1 amide bonds. The number of fused-ring (bicyclic) bond motifs is 1. The Morgan fingerprint density at radius 2 is 2.08 bits per heavy atom. The summed E-state index contributed by atoms with van der Waals surface area (Å²) < 4.78 is 30.7. The van der Waals surface area contributed by atoms with Crippen LogP contribution < -0.4 is 5.32 Å². The van der Waals surface area contributed by atoms with Crippen molar-refractivity contribution < 1.29 is 17.9 Å². The molecule has 0 unspecified atom stereocenters. The number of amides is 1. The van der Waals surface area contributed by atoms with Gasteiger partial charge in [-0.3, -0.25) is 9.78 Å². The maximum atomic E-state index is 12.5. The summed E-state index contributed by atoms with van der Waals surface area (Å²) >= 11 is 0. The van der Waals surface area contributed by atoms with E-state index in [9.17, 15) is 13.2 Å². The Morgan fingerprint density at radius 3 is 2.84 bits per heavy atom. The molecule has 2 heterocycles. The Hall–Kier alpha value is -2.03. The first-order chi connectivity index (χ1) is 11.9. The van der Waals surface area contributed by atoms with Gasteiger partial charge in [0.25, 0.3) is 5.91 Å². The number of hydrogen-bond acceptors (Lipinski definition) is 5. The number of para-hydroxylation sites is 1. The van der Waals surface area contributed by atoms with Crippen LogP contribution in [-0.2, 0) is 14.8 Å². The maximum absolute atomic E-state index is 12.5. The Morgan fingerprint density at radius 1 is 1.32 bits per heavy atom. The van der Waals surface area contributed by atoms with Crippen LogP contribution in [0.1, 0.15) is 10.4 Å². The normalized spacial score (nSPS) is 20.9. The van der Waals surface area contributed by atoms with Crippen molar-refractivity contribution in [1.82, 2.24) is 14.6 Å². The van der Waals surface area contributed by atoms with Gasteiger partial charge in [0.05, 0.1) is 36.1 Å². The third-order valence-corrected chi connectivity index (χ3v) is 6.31. The predicted molar refractivity (Wildman–Crippen MR) is 94.8 cm³/mol. The lowest BCUT2D eigenvalue weighted by Crippen LogP contribution is -2.43. The predicted octanol–water partition coefficient (Wildman–Crippen LogP) is 0.871. The third kappa shape index (κ3) is 3.97. The molecule has 1 fully saturated rings. The van der Waals surface area contributed by atoms with Crippen LogP contribution in [0, 0.1) is 5.92 Å². The number of benzene rings is 1. The molecule has 134 valence electrons. The molecule has 2 atom stereocenters. The summed E-state index contributed by atoms with van der Waals surface area (Å²) in [6.07, 6.45) is 1.53. The van der Waals surface area contributed by atoms with Crippen molar-refractivity contribution in [2.75, 3.05) is 33.1 Å². The zero-order chi connectivity index (χ0) is 18.0. The summed E-state index contributed by atoms with van der Waals surface area (Å²) in [6.45, 7) is 0.619. The summed E-state index contributed by atoms with van der Waals surface area (Å²) in [4.78, 5) is 16.8. The molecule has 3 rings (SSSR count). The van der Waals surface area contributed by atoms with Crippen molar-refractivity contribution in [2.24, 2.45) is 5.92 Å². The maximum Gasteiger partial charge on any atom is 0.253 e. The first-order valence-electron chi connectivity index (χ1n) is 8.00. The monoisotopic (exact) mass is 363 g/mol. The van der Waals surface area contributed by atoms with Crippen LogP contribution in [0.25, 0.3) is 10.9 Å². The standard InChI is InChI=1S/C17H21N3O4S/c1-20(2)25(22,23)11-14-9-24-10-16(14)19-17(21)13-7-12-5-3-4-6-15(12)18-8-13/h3-8,14,16H,9-11H2,1-2H3,(H,19,21)/t14-,16-/m0/s1. The SMILES string of the molecule is CN(C)S(=O)(=O)C[C@@H]1COC[C@@H]1NC(=O)c1cnc2ccccc2c1. The van der Waals surface area contributed by atoms with Crippen molar-refractivity contribution >= 4 is 26.8 Å². The second kappa shape index (κ2) is 7.07. The second-order valence-electron chi connectivity index (χ2n) is 6.36. The third-order valence-electron chi connectivity index (χ3n) is 4.35. The fourth-order valence-electron chi connectivity index (χ4n) is 2.79. The van der Waals surface area contributed by atoms with E-state index in [-0.39, 0.29) is 23.6 Å². The van der Waals surface area contributed by atoms with E-state index in [1.165, 1.54) is 24.6 Å². The topological polar surface area (TPSA) is 88.6 Å². The van der Waals surface area contributed by atoms with Gasteiger partial charge in [0.1, 0.15) is 0 Å². The van der Waals surface area contributed by atoms with Gasteiger partial charge in [-0.05, 0) is 12.1 Å².